The molecule has 0 unspecified atom stereocenters. The fourth-order valence-corrected chi connectivity index (χ4v) is 2.03. The Morgan fingerprint density at radius 3 is 2.53 bits per heavy atom. The van der Waals surface area contributed by atoms with Gasteiger partial charge in [0.1, 0.15) is 0 Å². The van der Waals surface area contributed by atoms with E-state index < -0.39 is 0 Å². The molecule has 0 spiro atoms. The highest BCUT2D eigenvalue weighted by Crippen LogP contribution is 2.20. The van der Waals surface area contributed by atoms with Gasteiger partial charge in [0.25, 0.3) is 0 Å². The number of hydrogen-bond acceptors (Lipinski definition) is 3. The lowest BCUT2D eigenvalue weighted by molar-refractivity contribution is 0.0209. The second-order valence-electron chi connectivity index (χ2n) is 3.86. The van der Waals surface area contributed by atoms with E-state index in [1.165, 1.54) is 5.69 Å². The quantitative estimate of drug-likeness (QED) is 0.819. The molecule has 0 N–H and O–H groups in total. The van der Waals surface area contributed by atoms with E-state index in [2.05, 4.69) is 32.9 Å². The molecule has 1 fully saturated rings. The summed E-state index contributed by atoms with van der Waals surface area (Å²) in [5.74, 6) is 0. The van der Waals surface area contributed by atoms with E-state index in [0.29, 0.717) is 0 Å². The Labute approximate surface area is 98.3 Å². The molecule has 1 aromatic heterocycles. The van der Waals surface area contributed by atoms with Crippen LogP contribution in [0.2, 0.25) is 0 Å². The van der Waals surface area contributed by atoms with Crippen LogP contribution in [0.25, 0.3) is 0 Å². The fourth-order valence-electron chi connectivity index (χ4n) is 1.74. The standard InChI is InChI=1S/C10H16BrN3O/c1-8-10(11)9(2)14(12-8)7-13-3-5-15-6-4-13/h3-7H2,1-2H3. The number of nitrogens with zero attached hydrogens (tertiary/aromatic N) is 3. The lowest BCUT2D eigenvalue weighted by atomic mass is 10.4. The second-order valence-corrected chi connectivity index (χ2v) is 4.65. The molecule has 5 heteroatoms. The minimum Gasteiger partial charge on any atom is -0.379 e. The van der Waals surface area contributed by atoms with Gasteiger partial charge in [-0.3, -0.25) is 9.58 Å². The molecule has 2 heterocycles. The molecule has 0 atom stereocenters. The van der Waals surface area contributed by atoms with Crippen molar-refractivity contribution in [3.8, 4) is 0 Å². The van der Waals surface area contributed by atoms with Gasteiger partial charge in [-0.1, -0.05) is 0 Å². The Morgan fingerprint density at radius 2 is 2.00 bits per heavy atom. The van der Waals surface area contributed by atoms with E-state index in [-0.39, 0.29) is 0 Å². The summed E-state index contributed by atoms with van der Waals surface area (Å²) in [5.41, 5.74) is 2.25. The van der Waals surface area contributed by atoms with Crippen molar-refractivity contribution in [1.82, 2.24) is 14.7 Å². The molecule has 0 saturated carbocycles. The Balaban J connectivity index is 2.06. The topological polar surface area (TPSA) is 30.3 Å². The van der Waals surface area contributed by atoms with Crippen LogP contribution in [-0.2, 0) is 11.4 Å². The van der Waals surface area contributed by atoms with E-state index in [0.717, 1.165) is 43.1 Å². The van der Waals surface area contributed by atoms with Gasteiger partial charge in [0.05, 0.1) is 35.7 Å². The molecule has 1 aliphatic rings. The van der Waals surface area contributed by atoms with Crippen LogP contribution in [-0.4, -0.2) is 41.0 Å². The van der Waals surface area contributed by atoms with Crippen molar-refractivity contribution in [3.63, 3.8) is 0 Å². The van der Waals surface area contributed by atoms with E-state index in [9.17, 15) is 0 Å². The Bertz CT molecular complexity index is 345. The molecule has 0 radical (unpaired) electrons. The summed E-state index contributed by atoms with van der Waals surface area (Å²) in [4.78, 5) is 2.36. The van der Waals surface area contributed by atoms with E-state index in [1.807, 2.05) is 11.6 Å². The van der Waals surface area contributed by atoms with Crippen LogP contribution in [0.15, 0.2) is 4.47 Å². The molecule has 0 bridgehead atoms. The van der Waals surface area contributed by atoms with Crippen LogP contribution >= 0.6 is 15.9 Å². The van der Waals surface area contributed by atoms with Gasteiger partial charge < -0.3 is 4.74 Å². The number of aryl methyl sites for hydroxylation is 1. The minimum absolute atomic E-state index is 0.834. The van der Waals surface area contributed by atoms with E-state index in [4.69, 9.17) is 4.74 Å². The molecule has 15 heavy (non-hydrogen) atoms. The maximum absolute atomic E-state index is 5.32. The average molecular weight is 274 g/mol. The van der Waals surface area contributed by atoms with Gasteiger partial charge in [0.2, 0.25) is 0 Å². The van der Waals surface area contributed by atoms with Crippen molar-refractivity contribution in [2.45, 2.75) is 20.5 Å². The smallest absolute Gasteiger partial charge is 0.0933 e. The van der Waals surface area contributed by atoms with Crippen molar-refractivity contribution >= 4 is 15.9 Å². The summed E-state index contributed by atoms with van der Waals surface area (Å²) in [5, 5.41) is 4.49. The second kappa shape index (κ2) is 4.63. The Kier molecular flexibility index (Phi) is 3.43. The molecular weight excluding hydrogens is 258 g/mol. The molecule has 1 aromatic rings. The molecule has 2 rings (SSSR count). The number of aromatic nitrogens is 2. The van der Waals surface area contributed by atoms with Crippen molar-refractivity contribution in [2.75, 3.05) is 26.3 Å². The number of morpholine rings is 1. The number of ether oxygens (including phenoxy) is 1. The monoisotopic (exact) mass is 273 g/mol. The molecule has 4 nitrogen and oxygen atoms in total. The molecule has 1 aliphatic heterocycles. The highest BCUT2D eigenvalue weighted by Gasteiger charge is 2.14. The van der Waals surface area contributed by atoms with Crippen molar-refractivity contribution < 1.29 is 4.74 Å². The highest BCUT2D eigenvalue weighted by molar-refractivity contribution is 9.10. The molecule has 0 amide bonds. The van der Waals surface area contributed by atoms with Gasteiger partial charge in [0, 0.05) is 13.1 Å². The molecule has 84 valence electrons. The van der Waals surface area contributed by atoms with Crippen LogP contribution in [0.4, 0.5) is 0 Å². The molecule has 0 aliphatic carbocycles. The van der Waals surface area contributed by atoms with Crippen molar-refractivity contribution in [2.24, 2.45) is 0 Å². The summed E-state index contributed by atoms with van der Waals surface area (Å²) in [6, 6.07) is 0. The summed E-state index contributed by atoms with van der Waals surface area (Å²) >= 11 is 3.54. The number of rotatable bonds is 2. The van der Waals surface area contributed by atoms with E-state index in [1.54, 1.807) is 0 Å². The van der Waals surface area contributed by atoms with Crippen LogP contribution in [0, 0.1) is 13.8 Å². The fraction of sp³-hybridized carbons (Fsp3) is 0.700. The summed E-state index contributed by atoms with van der Waals surface area (Å²) in [6.07, 6.45) is 0. The maximum atomic E-state index is 5.32. The summed E-state index contributed by atoms with van der Waals surface area (Å²) in [6.45, 7) is 8.63. The normalized spacial score (nSPS) is 18.3. The summed E-state index contributed by atoms with van der Waals surface area (Å²) in [7, 11) is 0. The number of hydrogen-bond donors (Lipinski definition) is 0. The molecule has 0 aromatic carbocycles. The van der Waals surface area contributed by atoms with Gasteiger partial charge in [-0.05, 0) is 29.8 Å². The predicted molar refractivity (Wildman–Crippen MR) is 61.8 cm³/mol. The van der Waals surface area contributed by atoms with Gasteiger partial charge >= 0.3 is 0 Å². The van der Waals surface area contributed by atoms with Crippen LogP contribution < -0.4 is 0 Å². The van der Waals surface area contributed by atoms with Crippen molar-refractivity contribution in [3.05, 3.63) is 15.9 Å². The SMILES string of the molecule is Cc1nn(CN2CCOCC2)c(C)c1Br. The number of halogens is 1. The van der Waals surface area contributed by atoms with Gasteiger partial charge in [-0.25, -0.2) is 0 Å². The lowest BCUT2D eigenvalue weighted by Crippen LogP contribution is -2.37. The molecule has 1 saturated heterocycles. The zero-order valence-corrected chi connectivity index (χ0v) is 10.7. The van der Waals surface area contributed by atoms with Gasteiger partial charge in [-0.2, -0.15) is 5.10 Å². The van der Waals surface area contributed by atoms with Crippen LogP contribution in [0.5, 0.6) is 0 Å². The Morgan fingerprint density at radius 1 is 1.33 bits per heavy atom. The maximum Gasteiger partial charge on any atom is 0.0933 e. The third-order valence-electron chi connectivity index (χ3n) is 2.73. The van der Waals surface area contributed by atoms with Crippen molar-refractivity contribution in [1.29, 1.82) is 0 Å². The third-order valence-corrected chi connectivity index (χ3v) is 3.88. The molecular formula is C10H16BrN3O. The lowest BCUT2D eigenvalue weighted by Gasteiger charge is -2.26. The van der Waals surface area contributed by atoms with Crippen LogP contribution in [0.3, 0.4) is 0 Å². The first-order chi connectivity index (χ1) is 7.18. The van der Waals surface area contributed by atoms with E-state index >= 15 is 0 Å². The summed E-state index contributed by atoms with van der Waals surface area (Å²) < 4.78 is 8.48. The Hall–Kier alpha value is -0.390. The largest absolute Gasteiger partial charge is 0.379 e. The minimum atomic E-state index is 0.834. The van der Waals surface area contributed by atoms with Crippen LogP contribution in [0.1, 0.15) is 11.4 Å². The zero-order chi connectivity index (χ0) is 10.8. The van der Waals surface area contributed by atoms with Gasteiger partial charge in [-0.15, -0.1) is 0 Å². The first-order valence-corrected chi connectivity index (χ1v) is 5.97. The zero-order valence-electron chi connectivity index (χ0n) is 9.16. The predicted octanol–water partition coefficient (Wildman–Crippen LogP) is 1.55. The first-order valence-electron chi connectivity index (χ1n) is 5.18. The first kappa shape index (κ1) is 11.1. The highest BCUT2D eigenvalue weighted by atomic mass is 79.9. The van der Waals surface area contributed by atoms with Gasteiger partial charge in [0.15, 0.2) is 0 Å². The average Bonchev–Trinajstić information content (AvgIpc) is 2.48. The third kappa shape index (κ3) is 2.41.